The van der Waals surface area contributed by atoms with Gasteiger partial charge in [0.2, 0.25) is 11.6 Å². The number of nitrogens with zero attached hydrogens (tertiary/aromatic N) is 4. The van der Waals surface area contributed by atoms with Gasteiger partial charge in [-0.3, -0.25) is 14.6 Å². The Morgan fingerprint density at radius 1 is 1.20 bits per heavy atom. The van der Waals surface area contributed by atoms with E-state index < -0.39 is 16.9 Å². The van der Waals surface area contributed by atoms with Crippen molar-refractivity contribution in [3.05, 3.63) is 70.7 Å². The van der Waals surface area contributed by atoms with Gasteiger partial charge in [0.15, 0.2) is 5.75 Å². The molecule has 30 heavy (non-hydrogen) atoms. The molecule has 10 nitrogen and oxygen atoms in total. The van der Waals surface area contributed by atoms with E-state index in [0.717, 1.165) is 11.1 Å². The van der Waals surface area contributed by atoms with Crippen LogP contribution < -0.4 is 21.5 Å². The molecule has 2 heterocycles. The van der Waals surface area contributed by atoms with Crippen molar-refractivity contribution in [2.24, 2.45) is 0 Å². The molecular weight excluding hydrogens is 435 g/mol. The van der Waals surface area contributed by atoms with Gasteiger partial charge in [-0.15, -0.1) is 10.2 Å². The van der Waals surface area contributed by atoms with E-state index in [4.69, 9.17) is 33.2 Å². The predicted molar refractivity (Wildman–Crippen MR) is 109 cm³/mol. The fourth-order valence-corrected chi connectivity index (χ4v) is 3.11. The average Bonchev–Trinajstić information content (AvgIpc) is 2.71. The first-order valence-electron chi connectivity index (χ1n) is 8.65. The van der Waals surface area contributed by atoms with Crippen LogP contribution in [-0.4, -0.2) is 25.0 Å². The Hall–Kier alpha value is -3.42. The van der Waals surface area contributed by atoms with Gasteiger partial charge in [-0.1, -0.05) is 37.0 Å². The van der Waals surface area contributed by atoms with Crippen LogP contribution in [0, 0.1) is 11.3 Å². The van der Waals surface area contributed by atoms with E-state index in [1.165, 1.54) is 18.2 Å². The molecule has 0 spiro atoms. The molecular formula is C18H14Cl2N6O4. The third-order valence-corrected chi connectivity index (χ3v) is 4.88. The molecule has 0 fully saturated rings. The molecule has 0 aliphatic heterocycles. The summed E-state index contributed by atoms with van der Waals surface area (Å²) >= 11 is 12.5. The molecule has 0 radical (unpaired) electrons. The Labute approximate surface area is 178 Å². The van der Waals surface area contributed by atoms with Gasteiger partial charge in [-0.25, -0.2) is 9.89 Å². The number of H-pyrrole nitrogens is 2. The van der Waals surface area contributed by atoms with Crippen molar-refractivity contribution in [2.75, 3.05) is 0 Å². The molecule has 3 rings (SSSR count). The van der Waals surface area contributed by atoms with Crippen molar-refractivity contribution in [3.63, 3.8) is 0 Å². The number of ether oxygens (including phenoxy) is 1. The summed E-state index contributed by atoms with van der Waals surface area (Å²) in [4.78, 5) is 37.5. The minimum atomic E-state index is -0.905. The van der Waals surface area contributed by atoms with E-state index >= 15 is 0 Å². The molecule has 0 amide bonds. The molecule has 12 heteroatoms. The molecule has 0 aliphatic carbocycles. The highest BCUT2D eigenvalue weighted by atomic mass is 35.5. The summed E-state index contributed by atoms with van der Waals surface area (Å²) in [6.45, 7) is 3.84. The standard InChI is InChI=1S/C18H14Cl2N6O4/c1-3-8(2)10-6-14(23-24-16(10)27)30-15-11(19)4-9(5-12(15)20)26-18(29)22-17(28)13(7-21)25-26/h4-6,8H,3H2,1-2H3,(H,24,27)(H,22,28,29). The minimum Gasteiger partial charge on any atom is -0.434 e. The first kappa shape index (κ1) is 21.3. The third-order valence-electron chi connectivity index (χ3n) is 4.32. The summed E-state index contributed by atoms with van der Waals surface area (Å²) in [6, 6.07) is 5.72. The summed E-state index contributed by atoms with van der Waals surface area (Å²) in [5, 5.41) is 18.9. The Kier molecular flexibility index (Phi) is 6.05. The number of rotatable bonds is 5. The van der Waals surface area contributed by atoms with E-state index in [2.05, 4.69) is 15.3 Å². The highest BCUT2D eigenvalue weighted by Crippen LogP contribution is 2.37. The minimum absolute atomic E-state index is 0.00833. The lowest BCUT2D eigenvalue weighted by atomic mass is 10.0. The van der Waals surface area contributed by atoms with E-state index in [1.807, 2.05) is 18.8 Å². The zero-order valence-corrected chi connectivity index (χ0v) is 17.2. The van der Waals surface area contributed by atoms with Gasteiger partial charge >= 0.3 is 5.69 Å². The molecule has 3 aromatic rings. The maximum Gasteiger partial charge on any atom is 0.349 e. The summed E-state index contributed by atoms with van der Waals surface area (Å²) in [5.74, 6) is 0.0993. The van der Waals surface area contributed by atoms with Crippen LogP contribution in [0.4, 0.5) is 0 Å². The summed E-state index contributed by atoms with van der Waals surface area (Å²) < 4.78 is 6.43. The lowest BCUT2D eigenvalue weighted by Crippen LogP contribution is -2.33. The van der Waals surface area contributed by atoms with Crippen molar-refractivity contribution >= 4 is 23.2 Å². The second-order valence-corrected chi connectivity index (χ2v) is 7.09. The lowest BCUT2D eigenvalue weighted by Gasteiger charge is -2.13. The number of nitrogens with one attached hydrogen (secondary N) is 2. The van der Waals surface area contributed by atoms with Crippen molar-refractivity contribution in [1.29, 1.82) is 5.26 Å². The van der Waals surface area contributed by atoms with Gasteiger partial charge < -0.3 is 4.74 Å². The van der Waals surface area contributed by atoms with E-state index in [1.54, 1.807) is 6.07 Å². The molecule has 154 valence electrons. The first-order valence-corrected chi connectivity index (χ1v) is 9.41. The topological polar surface area (TPSA) is 147 Å². The van der Waals surface area contributed by atoms with Crippen molar-refractivity contribution in [1.82, 2.24) is 25.0 Å². The second-order valence-electron chi connectivity index (χ2n) is 6.27. The molecule has 1 unspecified atom stereocenters. The first-order chi connectivity index (χ1) is 14.2. The largest absolute Gasteiger partial charge is 0.434 e. The van der Waals surface area contributed by atoms with Gasteiger partial charge in [0.25, 0.3) is 11.1 Å². The van der Waals surface area contributed by atoms with Crippen molar-refractivity contribution in [2.45, 2.75) is 26.2 Å². The Morgan fingerprint density at radius 2 is 1.87 bits per heavy atom. The lowest BCUT2D eigenvalue weighted by molar-refractivity contribution is 0.452. The number of hydrogen-bond donors (Lipinski definition) is 2. The van der Waals surface area contributed by atoms with Crippen molar-refractivity contribution < 1.29 is 4.74 Å². The molecule has 1 aromatic carbocycles. The van der Waals surface area contributed by atoms with Crippen LogP contribution in [-0.2, 0) is 0 Å². The number of benzene rings is 1. The molecule has 1 atom stereocenters. The van der Waals surface area contributed by atoms with E-state index in [0.29, 0.717) is 5.56 Å². The Morgan fingerprint density at radius 3 is 2.47 bits per heavy atom. The number of nitriles is 1. The molecule has 0 aliphatic rings. The van der Waals surface area contributed by atoms with Crippen LogP contribution in [0.3, 0.4) is 0 Å². The highest BCUT2D eigenvalue weighted by molar-refractivity contribution is 6.37. The number of hydrogen-bond acceptors (Lipinski definition) is 7. The maximum atomic E-state index is 12.0. The Bertz CT molecular complexity index is 1310. The SMILES string of the molecule is CCC(C)c1cc(Oc2c(Cl)cc(-n3nc(C#N)c(=O)[nH]c3=O)cc2Cl)n[nH]c1=O. The quantitative estimate of drug-likeness (QED) is 0.608. The molecule has 2 aromatic heterocycles. The highest BCUT2D eigenvalue weighted by Gasteiger charge is 2.17. The monoisotopic (exact) mass is 448 g/mol. The zero-order valence-electron chi connectivity index (χ0n) is 15.7. The summed E-state index contributed by atoms with van der Waals surface area (Å²) in [5.41, 5.74) is -2.00. The fourth-order valence-electron chi connectivity index (χ4n) is 2.56. The van der Waals surface area contributed by atoms with Crippen LogP contribution in [0.5, 0.6) is 11.6 Å². The van der Waals surface area contributed by atoms with Crippen LogP contribution in [0.1, 0.15) is 37.4 Å². The molecule has 0 saturated carbocycles. The van der Waals surface area contributed by atoms with Crippen molar-refractivity contribution in [3.8, 4) is 23.4 Å². The fraction of sp³-hybridized carbons (Fsp3) is 0.222. The summed E-state index contributed by atoms with van der Waals surface area (Å²) in [7, 11) is 0. The van der Waals surface area contributed by atoms with Crippen LogP contribution in [0.25, 0.3) is 5.69 Å². The number of halogens is 2. The van der Waals surface area contributed by atoms with Gasteiger partial charge in [-0.05, 0) is 24.5 Å². The van der Waals surface area contributed by atoms with Crippen LogP contribution in [0.15, 0.2) is 32.6 Å². The van der Waals surface area contributed by atoms with Gasteiger partial charge in [0.05, 0.1) is 15.7 Å². The number of aromatic amines is 2. The predicted octanol–water partition coefficient (Wildman–Crippen LogP) is 2.49. The number of aromatic nitrogens is 5. The van der Waals surface area contributed by atoms with Crippen LogP contribution >= 0.6 is 23.2 Å². The Balaban J connectivity index is 2.03. The maximum absolute atomic E-state index is 12.0. The molecule has 0 saturated heterocycles. The molecule has 2 N–H and O–H groups in total. The average molecular weight is 449 g/mol. The van der Waals surface area contributed by atoms with Gasteiger partial charge in [0.1, 0.15) is 6.07 Å². The van der Waals surface area contributed by atoms with E-state index in [9.17, 15) is 14.4 Å². The third kappa shape index (κ3) is 4.12. The van der Waals surface area contributed by atoms with Crippen LogP contribution in [0.2, 0.25) is 10.0 Å². The zero-order chi connectivity index (χ0) is 22.0. The second kappa shape index (κ2) is 8.52. The normalized spacial score (nSPS) is 11.7. The molecule has 0 bridgehead atoms. The van der Waals surface area contributed by atoms with Gasteiger partial charge in [0, 0.05) is 11.6 Å². The summed E-state index contributed by atoms with van der Waals surface area (Å²) in [6.07, 6.45) is 0.744. The van der Waals surface area contributed by atoms with Gasteiger partial charge in [-0.2, -0.15) is 9.94 Å². The smallest absolute Gasteiger partial charge is 0.349 e. The van der Waals surface area contributed by atoms with E-state index in [-0.39, 0.29) is 38.8 Å².